The van der Waals surface area contributed by atoms with Crippen molar-refractivity contribution < 1.29 is 13.6 Å². The molecule has 0 aromatic carbocycles. The minimum atomic E-state index is -2.14. The third-order valence-corrected chi connectivity index (χ3v) is 21.4. The molecule has 1 aromatic rings. The predicted molar refractivity (Wildman–Crippen MR) is 150 cm³/mol. The van der Waals surface area contributed by atoms with Gasteiger partial charge in [-0.15, -0.1) is 0 Å². The Morgan fingerprint density at radius 2 is 1.63 bits per heavy atom. The average Bonchev–Trinajstić information content (AvgIpc) is 3.02. The second kappa shape index (κ2) is 8.62. The molecule has 2 aliphatic heterocycles. The summed E-state index contributed by atoms with van der Waals surface area (Å²) in [6.07, 6.45) is -0.488. The van der Waals surface area contributed by atoms with Crippen molar-refractivity contribution in [3.8, 4) is 0 Å². The van der Waals surface area contributed by atoms with Crippen LogP contribution in [0.1, 0.15) is 48.5 Å². The number of hydrogen-bond acceptors (Lipinski definition) is 5. The third-order valence-electron chi connectivity index (χ3n) is 9.29. The van der Waals surface area contributed by atoms with Gasteiger partial charge in [-0.25, -0.2) is 4.79 Å². The number of rotatable bonds is 5. The van der Waals surface area contributed by atoms with Crippen molar-refractivity contribution in [1.29, 1.82) is 0 Å². The largest absolute Gasteiger partial charge is 0.414 e. The van der Waals surface area contributed by atoms with Crippen LogP contribution in [0, 0.1) is 5.92 Å². The van der Waals surface area contributed by atoms with Gasteiger partial charge in [0.05, 0.1) is 12.7 Å². The standard InChI is InChI=1S/C25H48N2O5Si3/c1-17-21(32-35(12,13)24(5,6)7)18(15-30-34(10,11)23(2,3)4)31-25(17)16-33(8,9)20-14-19(28)26-22(29)27(20)25/h14,17-18,21H,15-16H2,1-13H3,(H,26,28,29)/t17-,18+,21-,25+/m0/s1. The van der Waals surface area contributed by atoms with Gasteiger partial charge in [0.25, 0.3) is 5.56 Å². The molecule has 1 fully saturated rings. The van der Waals surface area contributed by atoms with Crippen molar-refractivity contribution in [2.75, 3.05) is 6.61 Å². The fraction of sp³-hybridized carbons (Fsp3) is 0.840. The van der Waals surface area contributed by atoms with Gasteiger partial charge in [0.1, 0.15) is 14.2 Å². The normalized spacial score (nSPS) is 29.1. The van der Waals surface area contributed by atoms with Crippen LogP contribution in [0.25, 0.3) is 0 Å². The molecule has 1 aromatic heterocycles. The van der Waals surface area contributed by atoms with Gasteiger partial charge in [-0.1, -0.05) is 61.6 Å². The summed E-state index contributed by atoms with van der Waals surface area (Å²) in [4.78, 5) is 28.0. The molecule has 3 rings (SSSR count). The van der Waals surface area contributed by atoms with E-state index in [-0.39, 0.29) is 39.5 Å². The van der Waals surface area contributed by atoms with E-state index in [2.05, 4.69) is 92.7 Å². The van der Waals surface area contributed by atoms with Gasteiger partial charge in [0.2, 0.25) is 0 Å². The van der Waals surface area contributed by atoms with E-state index in [1.165, 1.54) is 0 Å². The molecule has 0 unspecified atom stereocenters. The molecular formula is C25H48N2O5Si3. The van der Waals surface area contributed by atoms with Crippen molar-refractivity contribution in [3.05, 3.63) is 26.9 Å². The molecule has 10 heteroatoms. The predicted octanol–water partition coefficient (Wildman–Crippen LogP) is 4.57. The number of fused-ring (bicyclic) bond motifs is 2. The monoisotopic (exact) mass is 540 g/mol. The first-order valence-electron chi connectivity index (χ1n) is 12.9. The maximum absolute atomic E-state index is 13.2. The minimum absolute atomic E-state index is 0.0387. The molecule has 0 aliphatic carbocycles. The van der Waals surface area contributed by atoms with Crippen LogP contribution in [0.4, 0.5) is 0 Å². The van der Waals surface area contributed by atoms with E-state index in [1.54, 1.807) is 10.6 Å². The lowest BCUT2D eigenvalue weighted by atomic mass is 9.94. The number of ether oxygens (including phenoxy) is 1. The van der Waals surface area contributed by atoms with Crippen molar-refractivity contribution in [2.24, 2.45) is 5.92 Å². The van der Waals surface area contributed by atoms with Crippen molar-refractivity contribution in [1.82, 2.24) is 9.55 Å². The SMILES string of the molecule is C[C@H]1[C@H](O[Si](C)(C)C(C)(C)C)[C@@H](CO[Si](C)(C)C(C)(C)C)O[C@]12C[Si](C)(C)c1cc(=O)[nH]c(=O)n12. The zero-order valence-electron chi connectivity index (χ0n) is 24.2. The summed E-state index contributed by atoms with van der Waals surface area (Å²) in [5.41, 5.74) is -1.55. The Labute approximate surface area is 214 Å². The van der Waals surface area contributed by atoms with Gasteiger partial charge in [0, 0.05) is 17.3 Å². The van der Waals surface area contributed by atoms with Crippen LogP contribution >= 0.6 is 0 Å². The summed E-state index contributed by atoms with van der Waals surface area (Å²) in [6, 6.07) is 2.35. The lowest BCUT2D eigenvalue weighted by Crippen LogP contribution is -2.52. The molecule has 0 amide bonds. The van der Waals surface area contributed by atoms with Crippen LogP contribution in [0.3, 0.4) is 0 Å². The second-order valence-electron chi connectivity index (χ2n) is 14.4. The van der Waals surface area contributed by atoms with Crippen molar-refractivity contribution in [3.63, 3.8) is 0 Å². The van der Waals surface area contributed by atoms with Gasteiger partial charge in [-0.3, -0.25) is 14.3 Å². The van der Waals surface area contributed by atoms with Crippen LogP contribution < -0.4 is 16.6 Å². The lowest BCUT2D eigenvalue weighted by Gasteiger charge is -2.41. The van der Waals surface area contributed by atoms with Gasteiger partial charge in [-0.05, 0) is 42.3 Å². The number of aromatic nitrogens is 2. The number of nitrogens with one attached hydrogen (secondary N) is 1. The maximum atomic E-state index is 13.2. The highest BCUT2D eigenvalue weighted by Crippen LogP contribution is 2.51. The van der Waals surface area contributed by atoms with E-state index < -0.39 is 30.4 Å². The molecule has 0 saturated carbocycles. The molecule has 35 heavy (non-hydrogen) atoms. The maximum Gasteiger partial charge on any atom is 0.330 e. The molecule has 0 radical (unpaired) electrons. The van der Waals surface area contributed by atoms with E-state index in [9.17, 15) is 9.59 Å². The Morgan fingerprint density at radius 1 is 1.09 bits per heavy atom. The Kier molecular flexibility index (Phi) is 7.09. The molecule has 3 heterocycles. The van der Waals surface area contributed by atoms with Gasteiger partial charge in [0.15, 0.2) is 22.4 Å². The smallest absolute Gasteiger partial charge is 0.330 e. The third kappa shape index (κ3) is 4.91. The molecule has 1 spiro atoms. The number of aromatic amines is 1. The van der Waals surface area contributed by atoms with Gasteiger partial charge in [-0.2, -0.15) is 0 Å². The number of hydrogen-bond donors (Lipinski definition) is 1. The summed E-state index contributed by atoms with van der Waals surface area (Å²) in [5, 5.41) is 0.975. The Morgan fingerprint density at radius 3 is 2.14 bits per heavy atom. The van der Waals surface area contributed by atoms with E-state index >= 15 is 0 Å². The summed E-state index contributed by atoms with van der Waals surface area (Å²) in [5.74, 6) is -0.0683. The fourth-order valence-electron chi connectivity index (χ4n) is 4.98. The summed E-state index contributed by atoms with van der Waals surface area (Å²) < 4.78 is 22.4. The van der Waals surface area contributed by atoms with E-state index in [0.717, 1.165) is 11.4 Å². The van der Waals surface area contributed by atoms with Gasteiger partial charge < -0.3 is 13.6 Å². The molecule has 2 aliphatic rings. The average molecular weight is 541 g/mol. The number of H-pyrrole nitrogens is 1. The van der Waals surface area contributed by atoms with E-state index in [4.69, 9.17) is 13.6 Å². The molecule has 7 nitrogen and oxygen atoms in total. The summed E-state index contributed by atoms with van der Waals surface area (Å²) in [7, 11) is -6.27. The zero-order valence-corrected chi connectivity index (χ0v) is 27.2. The molecule has 0 bridgehead atoms. The molecule has 4 atom stereocenters. The molecular weight excluding hydrogens is 493 g/mol. The first-order valence-corrected chi connectivity index (χ1v) is 22.0. The Balaban J connectivity index is 2.09. The zero-order chi connectivity index (χ0) is 27.0. The summed E-state index contributed by atoms with van der Waals surface area (Å²) >= 11 is 0. The summed E-state index contributed by atoms with van der Waals surface area (Å²) in [6.45, 7) is 29.5. The van der Waals surface area contributed by atoms with Crippen LogP contribution in [0.2, 0.25) is 55.4 Å². The first kappa shape index (κ1) is 28.8. The van der Waals surface area contributed by atoms with Crippen LogP contribution in [-0.4, -0.2) is 53.1 Å². The lowest BCUT2D eigenvalue weighted by molar-refractivity contribution is -0.111. The highest BCUT2D eigenvalue weighted by atomic mass is 28.4. The van der Waals surface area contributed by atoms with E-state index in [0.29, 0.717) is 6.61 Å². The first-order chi connectivity index (χ1) is 15.6. The molecule has 1 saturated heterocycles. The minimum Gasteiger partial charge on any atom is -0.414 e. The Hall–Kier alpha value is -0.789. The van der Waals surface area contributed by atoms with Crippen molar-refractivity contribution in [2.45, 2.75) is 122 Å². The van der Waals surface area contributed by atoms with Crippen LogP contribution in [0.15, 0.2) is 15.7 Å². The van der Waals surface area contributed by atoms with Crippen LogP contribution in [-0.2, 0) is 19.3 Å². The number of nitrogens with zero attached hydrogens (tertiary/aromatic N) is 1. The molecule has 200 valence electrons. The highest BCUT2D eigenvalue weighted by molar-refractivity contribution is 6.90. The van der Waals surface area contributed by atoms with E-state index in [1.807, 2.05) is 0 Å². The quantitative estimate of drug-likeness (QED) is 0.554. The van der Waals surface area contributed by atoms with Crippen molar-refractivity contribution >= 4 is 30.0 Å². The Bertz CT molecular complexity index is 1080. The second-order valence-corrected chi connectivity index (χ2v) is 28.6. The topological polar surface area (TPSA) is 82.6 Å². The van der Waals surface area contributed by atoms with Gasteiger partial charge >= 0.3 is 5.69 Å². The molecule has 1 N–H and O–H groups in total. The fourth-order valence-corrected chi connectivity index (χ4v) is 10.8. The highest BCUT2D eigenvalue weighted by Gasteiger charge is 2.63. The van der Waals surface area contributed by atoms with Crippen LogP contribution in [0.5, 0.6) is 0 Å².